The van der Waals surface area contributed by atoms with Crippen LogP contribution in [0.4, 0.5) is 0 Å². The lowest BCUT2D eigenvalue weighted by Gasteiger charge is -2.32. The number of hydrogen-bond donors (Lipinski definition) is 0. The van der Waals surface area contributed by atoms with Crippen LogP contribution in [0.5, 0.6) is 0 Å². The Morgan fingerprint density at radius 3 is 2.56 bits per heavy atom. The Morgan fingerprint density at radius 1 is 1.32 bits per heavy atom. The molecule has 0 bridgehead atoms. The Labute approximate surface area is 156 Å². The van der Waals surface area contributed by atoms with Crippen LogP contribution < -0.4 is 0 Å². The number of carbonyl (C=O) groups excluding carboxylic acids is 1. The molecule has 6 heteroatoms. The third-order valence-electron chi connectivity index (χ3n) is 5.08. The maximum atomic E-state index is 13.1. The van der Waals surface area contributed by atoms with Crippen LogP contribution in [0.25, 0.3) is 0 Å². The van der Waals surface area contributed by atoms with Gasteiger partial charge in [0.25, 0.3) is 0 Å². The van der Waals surface area contributed by atoms with Gasteiger partial charge in [0.2, 0.25) is 5.78 Å². The molecule has 2 aliphatic rings. The zero-order valence-electron chi connectivity index (χ0n) is 15.4. The summed E-state index contributed by atoms with van der Waals surface area (Å²) in [4.78, 5) is 18.7. The van der Waals surface area contributed by atoms with Gasteiger partial charge in [-0.25, -0.2) is 0 Å². The van der Waals surface area contributed by atoms with Gasteiger partial charge in [-0.3, -0.25) is 9.00 Å². The molecule has 0 radical (unpaired) electrons. The molecule has 136 valence electrons. The SMILES string of the molecule is Cc1cc(C)c(C2=NO[C@@H](C(=O)[C@@]3(C)SCCC[S@]3=O)[C@@H]2C)c(C)c1. The van der Waals surface area contributed by atoms with Gasteiger partial charge >= 0.3 is 0 Å². The van der Waals surface area contributed by atoms with Crippen molar-refractivity contribution in [2.45, 2.75) is 51.2 Å². The quantitative estimate of drug-likeness (QED) is 0.806. The number of thioether (sulfide) groups is 1. The van der Waals surface area contributed by atoms with Gasteiger partial charge in [0, 0.05) is 28.0 Å². The molecule has 25 heavy (non-hydrogen) atoms. The maximum Gasteiger partial charge on any atom is 0.205 e. The van der Waals surface area contributed by atoms with E-state index < -0.39 is 21.0 Å². The number of ketones is 1. The number of aryl methyl sites for hydroxylation is 3. The van der Waals surface area contributed by atoms with E-state index in [1.807, 2.05) is 6.92 Å². The molecule has 0 N–H and O–H groups in total. The first-order valence-electron chi connectivity index (χ1n) is 8.64. The minimum absolute atomic E-state index is 0.0933. The van der Waals surface area contributed by atoms with Crippen molar-refractivity contribution in [3.05, 3.63) is 34.4 Å². The van der Waals surface area contributed by atoms with Crippen molar-refractivity contribution in [1.82, 2.24) is 0 Å². The normalized spacial score (nSPS) is 32.2. The van der Waals surface area contributed by atoms with Crippen molar-refractivity contribution < 1.29 is 13.8 Å². The van der Waals surface area contributed by atoms with Crippen molar-refractivity contribution >= 4 is 34.1 Å². The molecule has 4 atom stereocenters. The molecule has 2 heterocycles. The number of Topliss-reactive ketones (excluding diaryl/α,β-unsaturated/α-hetero) is 1. The van der Waals surface area contributed by atoms with Crippen molar-refractivity contribution in [2.24, 2.45) is 11.1 Å². The predicted molar refractivity (Wildman–Crippen MR) is 105 cm³/mol. The highest BCUT2D eigenvalue weighted by Gasteiger charge is 2.50. The van der Waals surface area contributed by atoms with Gasteiger partial charge in [0.1, 0.15) is 0 Å². The monoisotopic (exact) mass is 379 g/mol. The Balaban J connectivity index is 1.88. The number of carbonyl (C=O) groups is 1. The molecule has 2 aliphatic heterocycles. The van der Waals surface area contributed by atoms with E-state index in [4.69, 9.17) is 4.84 Å². The topological polar surface area (TPSA) is 55.7 Å². The maximum absolute atomic E-state index is 13.1. The average Bonchev–Trinajstić information content (AvgIpc) is 2.90. The van der Waals surface area contributed by atoms with Crippen molar-refractivity contribution in [3.8, 4) is 0 Å². The van der Waals surface area contributed by atoms with Crippen molar-refractivity contribution in [2.75, 3.05) is 11.5 Å². The van der Waals surface area contributed by atoms with Crippen LogP contribution in [0.1, 0.15) is 42.5 Å². The fourth-order valence-corrected chi connectivity index (χ4v) is 7.00. The molecule has 0 unspecified atom stereocenters. The number of rotatable bonds is 3. The summed E-state index contributed by atoms with van der Waals surface area (Å²) in [6.45, 7) is 9.97. The molecule has 0 aliphatic carbocycles. The molecular formula is C19H25NO3S2. The van der Waals surface area contributed by atoms with E-state index in [0.717, 1.165) is 34.6 Å². The highest BCUT2D eigenvalue weighted by atomic mass is 32.2. The van der Waals surface area contributed by atoms with Crippen LogP contribution in [0.2, 0.25) is 0 Å². The number of benzene rings is 1. The Kier molecular flexibility index (Phi) is 5.13. The second kappa shape index (κ2) is 6.88. The first-order chi connectivity index (χ1) is 11.8. The van der Waals surface area contributed by atoms with Crippen molar-refractivity contribution in [1.29, 1.82) is 0 Å². The minimum Gasteiger partial charge on any atom is -0.383 e. The second-order valence-electron chi connectivity index (χ2n) is 7.13. The number of oxime groups is 1. The third kappa shape index (κ3) is 3.19. The van der Waals surface area contributed by atoms with Crippen LogP contribution in [-0.4, -0.2) is 37.4 Å². The van der Waals surface area contributed by atoms with Crippen LogP contribution in [0.15, 0.2) is 17.3 Å². The highest BCUT2D eigenvalue weighted by Crippen LogP contribution is 2.39. The van der Waals surface area contributed by atoms with Gasteiger partial charge in [-0.2, -0.15) is 0 Å². The van der Waals surface area contributed by atoms with E-state index in [2.05, 4.69) is 38.1 Å². The lowest BCUT2D eigenvalue weighted by Crippen LogP contribution is -2.48. The summed E-state index contributed by atoms with van der Waals surface area (Å²) in [5.41, 5.74) is 5.38. The second-order valence-corrected chi connectivity index (χ2v) is 10.8. The zero-order chi connectivity index (χ0) is 18.4. The molecule has 1 saturated heterocycles. The first-order valence-corrected chi connectivity index (χ1v) is 10.9. The van der Waals surface area contributed by atoms with E-state index in [1.54, 1.807) is 6.92 Å². The molecule has 1 aromatic carbocycles. The molecule has 1 aromatic rings. The van der Waals surface area contributed by atoms with E-state index in [0.29, 0.717) is 5.75 Å². The summed E-state index contributed by atoms with van der Waals surface area (Å²) < 4.78 is 11.6. The summed E-state index contributed by atoms with van der Waals surface area (Å²) in [6, 6.07) is 4.25. The Bertz CT molecular complexity index is 751. The van der Waals surface area contributed by atoms with Gasteiger partial charge < -0.3 is 4.84 Å². The molecule has 4 nitrogen and oxygen atoms in total. The smallest absolute Gasteiger partial charge is 0.205 e. The zero-order valence-corrected chi connectivity index (χ0v) is 17.1. The Morgan fingerprint density at radius 2 is 1.96 bits per heavy atom. The predicted octanol–water partition coefficient (Wildman–Crippen LogP) is 3.52. The molecule has 0 spiro atoms. The van der Waals surface area contributed by atoms with E-state index in [-0.39, 0.29) is 11.7 Å². The highest BCUT2D eigenvalue weighted by molar-refractivity contribution is 8.14. The molecular weight excluding hydrogens is 354 g/mol. The molecule has 0 saturated carbocycles. The number of hydrogen-bond acceptors (Lipinski definition) is 5. The van der Waals surface area contributed by atoms with E-state index >= 15 is 0 Å². The fourth-order valence-electron chi connectivity index (χ4n) is 3.72. The summed E-state index contributed by atoms with van der Waals surface area (Å²) in [5.74, 6) is 1.20. The van der Waals surface area contributed by atoms with Gasteiger partial charge in [-0.15, -0.1) is 11.8 Å². The summed E-state index contributed by atoms with van der Waals surface area (Å²) in [6.07, 6.45) is 0.236. The van der Waals surface area contributed by atoms with Gasteiger partial charge in [-0.1, -0.05) is 29.8 Å². The van der Waals surface area contributed by atoms with Crippen LogP contribution in [-0.2, 0) is 20.4 Å². The Hall–Kier alpha value is -1.14. The molecule has 3 rings (SSSR count). The largest absolute Gasteiger partial charge is 0.383 e. The summed E-state index contributed by atoms with van der Waals surface area (Å²) >= 11 is 1.50. The van der Waals surface area contributed by atoms with E-state index in [9.17, 15) is 9.00 Å². The van der Waals surface area contributed by atoms with Crippen LogP contribution in [0, 0.1) is 26.7 Å². The number of nitrogens with zero attached hydrogens (tertiary/aromatic N) is 1. The average molecular weight is 380 g/mol. The lowest BCUT2D eigenvalue weighted by atomic mass is 9.86. The van der Waals surface area contributed by atoms with Gasteiger partial charge in [0.15, 0.2) is 10.2 Å². The molecule has 1 fully saturated rings. The summed E-state index contributed by atoms with van der Waals surface area (Å²) in [5, 5.41) is 4.28. The van der Waals surface area contributed by atoms with Crippen LogP contribution in [0.3, 0.4) is 0 Å². The standard InChI is InChI=1S/C19H25NO3S2/c1-11-9-12(2)15(13(3)10-11)16-14(4)17(23-20-16)18(21)19(5)24-7-6-8-25(19)22/h9-10,14,17H,6-8H2,1-5H3/t14-,17-,19+,25-/m1/s1. The summed E-state index contributed by atoms with van der Waals surface area (Å²) in [7, 11) is -1.17. The van der Waals surface area contributed by atoms with Gasteiger partial charge in [-0.05, 0) is 51.0 Å². The van der Waals surface area contributed by atoms with E-state index in [1.165, 1.54) is 17.3 Å². The molecule has 0 aromatic heterocycles. The third-order valence-corrected chi connectivity index (χ3v) is 8.96. The fraction of sp³-hybridized carbons (Fsp3) is 0.579. The minimum atomic E-state index is -1.17. The van der Waals surface area contributed by atoms with Crippen molar-refractivity contribution in [3.63, 3.8) is 0 Å². The van der Waals surface area contributed by atoms with Gasteiger partial charge in [0.05, 0.1) is 5.71 Å². The lowest BCUT2D eigenvalue weighted by molar-refractivity contribution is -0.130. The van der Waals surface area contributed by atoms with Crippen LogP contribution >= 0.6 is 11.8 Å². The molecule has 0 amide bonds. The first kappa shape index (κ1) is 18.6.